The van der Waals surface area contributed by atoms with Crippen LogP contribution in [0.2, 0.25) is 0 Å². The molecule has 1 aliphatic rings. The van der Waals surface area contributed by atoms with Crippen LogP contribution in [-0.2, 0) is 19.4 Å². The quantitative estimate of drug-likeness (QED) is 0.772. The number of aliphatic hydroxyl groups is 1. The highest BCUT2D eigenvalue weighted by molar-refractivity contribution is 5.09. The maximum atomic E-state index is 9.51. The molecule has 0 amide bonds. The highest BCUT2D eigenvalue weighted by Crippen LogP contribution is 2.18. The number of imidazole rings is 1. The van der Waals surface area contributed by atoms with Gasteiger partial charge in [-0.25, -0.2) is 4.98 Å². The van der Waals surface area contributed by atoms with Crippen LogP contribution in [0, 0.1) is 5.92 Å². The second-order valence-electron chi connectivity index (χ2n) is 4.56. The number of aromatic nitrogens is 2. The van der Waals surface area contributed by atoms with E-state index in [0.29, 0.717) is 5.92 Å². The lowest BCUT2D eigenvalue weighted by molar-refractivity contribution is 0.142. The average Bonchev–Trinajstić information content (AvgIpc) is 2.47. The van der Waals surface area contributed by atoms with Gasteiger partial charge in [0.2, 0.25) is 0 Å². The van der Waals surface area contributed by atoms with Crippen molar-refractivity contribution in [1.82, 2.24) is 9.55 Å². The molecule has 3 heteroatoms. The van der Waals surface area contributed by atoms with E-state index < -0.39 is 0 Å². The third-order valence-electron chi connectivity index (χ3n) is 2.74. The summed E-state index contributed by atoms with van der Waals surface area (Å²) in [6, 6.07) is 0. The number of fused-ring (bicyclic) bond motifs is 1. The average molecular weight is 194 g/mol. The molecule has 0 aliphatic carbocycles. The number of rotatable bonds is 2. The second-order valence-corrected chi connectivity index (χ2v) is 4.56. The SMILES string of the molecule is CC(C)Cc1ncc2n1CCC(O)C2. The minimum absolute atomic E-state index is 0.161. The summed E-state index contributed by atoms with van der Waals surface area (Å²) in [5, 5.41) is 9.51. The number of hydrogen-bond acceptors (Lipinski definition) is 2. The molecule has 1 aromatic rings. The molecule has 0 spiro atoms. The topological polar surface area (TPSA) is 38.0 Å². The van der Waals surface area contributed by atoms with Gasteiger partial charge in [0.1, 0.15) is 5.82 Å². The molecule has 1 unspecified atom stereocenters. The molecule has 0 saturated carbocycles. The summed E-state index contributed by atoms with van der Waals surface area (Å²) in [5.41, 5.74) is 1.19. The maximum Gasteiger partial charge on any atom is 0.109 e. The monoisotopic (exact) mass is 194 g/mol. The van der Waals surface area contributed by atoms with Gasteiger partial charge in [0.15, 0.2) is 0 Å². The minimum Gasteiger partial charge on any atom is -0.393 e. The zero-order valence-electron chi connectivity index (χ0n) is 8.90. The summed E-state index contributed by atoms with van der Waals surface area (Å²) in [6.45, 7) is 5.34. The Morgan fingerprint density at radius 3 is 3.14 bits per heavy atom. The number of hydrogen-bond donors (Lipinski definition) is 1. The van der Waals surface area contributed by atoms with Crippen LogP contribution in [0.5, 0.6) is 0 Å². The summed E-state index contributed by atoms with van der Waals surface area (Å²) in [5.74, 6) is 1.83. The molecule has 3 nitrogen and oxygen atoms in total. The van der Waals surface area contributed by atoms with Gasteiger partial charge in [0.25, 0.3) is 0 Å². The Hall–Kier alpha value is -0.830. The second kappa shape index (κ2) is 3.73. The van der Waals surface area contributed by atoms with Crippen molar-refractivity contribution in [2.75, 3.05) is 0 Å². The van der Waals surface area contributed by atoms with Crippen LogP contribution in [0.4, 0.5) is 0 Å². The van der Waals surface area contributed by atoms with Crippen molar-refractivity contribution in [3.63, 3.8) is 0 Å². The Morgan fingerprint density at radius 2 is 2.43 bits per heavy atom. The van der Waals surface area contributed by atoms with Gasteiger partial charge < -0.3 is 9.67 Å². The molecule has 0 radical (unpaired) electrons. The molecular formula is C11H18N2O. The Morgan fingerprint density at radius 1 is 1.64 bits per heavy atom. The van der Waals surface area contributed by atoms with Gasteiger partial charge in [-0.3, -0.25) is 0 Å². The Labute approximate surface area is 84.8 Å². The first-order chi connectivity index (χ1) is 6.66. The molecule has 0 aromatic carbocycles. The lowest BCUT2D eigenvalue weighted by Gasteiger charge is -2.21. The first-order valence-corrected chi connectivity index (χ1v) is 5.38. The third-order valence-corrected chi connectivity index (χ3v) is 2.74. The molecule has 2 heterocycles. The Kier molecular flexibility index (Phi) is 2.59. The zero-order chi connectivity index (χ0) is 10.1. The standard InChI is InChI=1S/C11H18N2O/c1-8(2)5-11-12-7-9-6-10(14)3-4-13(9)11/h7-8,10,14H,3-6H2,1-2H3. The van der Waals surface area contributed by atoms with Crippen molar-refractivity contribution < 1.29 is 5.11 Å². The highest BCUT2D eigenvalue weighted by Gasteiger charge is 2.19. The van der Waals surface area contributed by atoms with Gasteiger partial charge >= 0.3 is 0 Å². The van der Waals surface area contributed by atoms with E-state index in [-0.39, 0.29) is 6.10 Å². The van der Waals surface area contributed by atoms with Crippen LogP contribution >= 0.6 is 0 Å². The van der Waals surface area contributed by atoms with Crippen LogP contribution in [0.1, 0.15) is 31.8 Å². The maximum absolute atomic E-state index is 9.51. The molecule has 1 aliphatic heterocycles. The van der Waals surface area contributed by atoms with Gasteiger partial charge in [-0.1, -0.05) is 13.8 Å². The van der Waals surface area contributed by atoms with Crippen LogP contribution in [0.25, 0.3) is 0 Å². The summed E-state index contributed by atoms with van der Waals surface area (Å²) in [7, 11) is 0. The minimum atomic E-state index is -0.161. The molecule has 1 N–H and O–H groups in total. The van der Waals surface area contributed by atoms with Gasteiger partial charge in [0.05, 0.1) is 6.10 Å². The van der Waals surface area contributed by atoms with E-state index in [0.717, 1.165) is 25.8 Å². The molecule has 0 saturated heterocycles. The van der Waals surface area contributed by atoms with Crippen LogP contribution in [0.15, 0.2) is 6.20 Å². The van der Waals surface area contributed by atoms with E-state index in [1.807, 2.05) is 6.20 Å². The van der Waals surface area contributed by atoms with Crippen molar-refractivity contribution in [2.45, 2.75) is 45.8 Å². The van der Waals surface area contributed by atoms with Crippen molar-refractivity contribution in [1.29, 1.82) is 0 Å². The lowest BCUT2D eigenvalue weighted by Crippen LogP contribution is -2.24. The van der Waals surface area contributed by atoms with Crippen molar-refractivity contribution >= 4 is 0 Å². The fraction of sp³-hybridized carbons (Fsp3) is 0.727. The van der Waals surface area contributed by atoms with Crippen molar-refractivity contribution in [3.05, 3.63) is 17.7 Å². The molecule has 0 bridgehead atoms. The van der Waals surface area contributed by atoms with E-state index in [2.05, 4.69) is 23.4 Å². The predicted molar refractivity (Wildman–Crippen MR) is 55.1 cm³/mol. The summed E-state index contributed by atoms with van der Waals surface area (Å²) in [6.07, 6.45) is 4.43. The Bertz CT molecular complexity index is 317. The van der Waals surface area contributed by atoms with Gasteiger partial charge in [-0.2, -0.15) is 0 Å². The zero-order valence-corrected chi connectivity index (χ0v) is 8.90. The smallest absolute Gasteiger partial charge is 0.109 e. The lowest BCUT2D eigenvalue weighted by atomic mass is 10.1. The molecule has 78 valence electrons. The van der Waals surface area contributed by atoms with Crippen molar-refractivity contribution in [2.24, 2.45) is 5.92 Å². The first-order valence-electron chi connectivity index (χ1n) is 5.38. The molecule has 14 heavy (non-hydrogen) atoms. The van der Waals surface area contributed by atoms with E-state index in [4.69, 9.17) is 0 Å². The molecule has 1 atom stereocenters. The first kappa shape index (κ1) is 9.71. The van der Waals surface area contributed by atoms with E-state index >= 15 is 0 Å². The van der Waals surface area contributed by atoms with Crippen LogP contribution in [-0.4, -0.2) is 20.8 Å². The largest absolute Gasteiger partial charge is 0.393 e. The highest BCUT2D eigenvalue weighted by atomic mass is 16.3. The number of aliphatic hydroxyl groups excluding tert-OH is 1. The van der Waals surface area contributed by atoms with Gasteiger partial charge in [-0.15, -0.1) is 0 Å². The van der Waals surface area contributed by atoms with Crippen LogP contribution in [0.3, 0.4) is 0 Å². The van der Waals surface area contributed by atoms with E-state index in [1.54, 1.807) is 0 Å². The summed E-state index contributed by atoms with van der Waals surface area (Å²) in [4.78, 5) is 4.42. The molecular weight excluding hydrogens is 176 g/mol. The predicted octanol–water partition coefficient (Wildman–Crippen LogP) is 1.39. The summed E-state index contributed by atoms with van der Waals surface area (Å²) >= 11 is 0. The molecule has 0 fully saturated rings. The Balaban J connectivity index is 2.20. The van der Waals surface area contributed by atoms with E-state index in [9.17, 15) is 5.11 Å². The van der Waals surface area contributed by atoms with E-state index in [1.165, 1.54) is 11.5 Å². The normalized spacial score (nSPS) is 21.3. The van der Waals surface area contributed by atoms with Crippen LogP contribution < -0.4 is 0 Å². The van der Waals surface area contributed by atoms with Crippen molar-refractivity contribution in [3.8, 4) is 0 Å². The van der Waals surface area contributed by atoms with Gasteiger partial charge in [-0.05, 0) is 12.3 Å². The molecule has 2 rings (SSSR count). The molecule has 1 aromatic heterocycles. The fourth-order valence-corrected chi connectivity index (χ4v) is 2.04. The van der Waals surface area contributed by atoms with Gasteiger partial charge in [0, 0.05) is 31.3 Å². The summed E-state index contributed by atoms with van der Waals surface area (Å²) < 4.78 is 2.27. The third kappa shape index (κ3) is 1.82. The number of nitrogens with zero attached hydrogens (tertiary/aromatic N) is 2. The fourth-order valence-electron chi connectivity index (χ4n) is 2.04.